The summed E-state index contributed by atoms with van der Waals surface area (Å²) in [5.74, 6) is 1.10. The maximum Gasteiger partial charge on any atom is 0.322 e. The van der Waals surface area contributed by atoms with Crippen LogP contribution in [0.5, 0.6) is 5.75 Å². The molecular formula is C25H38N4O3. The van der Waals surface area contributed by atoms with Crippen molar-refractivity contribution in [3.05, 3.63) is 48.3 Å². The van der Waals surface area contributed by atoms with Crippen LogP contribution < -0.4 is 10.1 Å². The first kappa shape index (κ1) is 25.3. The van der Waals surface area contributed by atoms with E-state index >= 15 is 0 Å². The Labute approximate surface area is 192 Å². The summed E-state index contributed by atoms with van der Waals surface area (Å²) in [6.45, 7) is 12.3. The number of amides is 3. The zero-order valence-electron chi connectivity index (χ0n) is 20.3. The molecule has 176 valence electrons. The van der Waals surface area contributed by atoms with E-state index in [0.29, 0.717) is 43.6 Å². The number of aromatic nitrogens is 1. The highest BCUT2D eigenvalue weighted by molar-refractivity contribution is 5.93. The zero-order chi connectivity index (χ0) is 23.7. The van der Waals surface area contributed by atoms with Crippen molar-refractivity contribution in [3.63, 3.8) is 0 Å². The van der Waals surface area contributed by atoms with Crippen molar-refractivity contribution in [2.45, 2.75) is 41.2 Å². The molecule has 2 aromatic rings. The monoisotopic (exact) mass is 442 g/mol. The molecule has 0 saturated heterocycles. The number of anilines is 1. The van der Waals surface area contributed by atoms with E-state index in [1.807, 2.05) is 73.8 Å². The molecule has 0 spiro atoms. The molecule has 0 aliphatic carbocycles. The molecule has 7 heteroatoms. The Morgan fingerprint density at radius 2 is 1.66 bits per heavy atom. The summed E-state index contributed by atoms with van der Waals surface area (Å²) in [5.41, 5.74) is 1.66. The van der Waals surface area contributed by atoms with E-state index in [4.69, 9.17) is 4.74 Å². The third-order valence-electron chi connectivity index (χ3n) is 4.97. The van der Waals surface area contributed by atoms with Gasteiger partial charge >= 0.3 is 6.03 Å². The first-order valence-corrected chi connectivity index (χ1v) is 11.4. The maximum atomic E-state index is 13.3. The van der Waals surface area contributed by atoms with Gasteiger partial charge in [-0.25, -0.2) is 4.79 Å². The molecule has 1 aromatic carbocycles. The fraction of sp³-hybridized carbons (Fsp3) is 0.520. The zero-order valence-corrected chi connectivity index (χ0v) is 20.3. The minimum atomic E-state index is -0.303. The number of hydrogen-bond acceptors (Lipinski definition) is 3. The molecule has 0 fully saturated rings. The molecule has 32 heavy (non-hydrogen) atoms. The van der Waals surface area contributed by atoms with Crippen LogP contribution in [0, 0.1) is 11.8 Å². The van der Waals surface area contributed by atoms with Crippen molar-refractivity contribution in [1.29, 1.82) is 0 Å². The highest BCUT2D eigenvalue weighted by atomic mass is 16.5. The predicted octanol–water partition coefficient (Wildman–Crippen LogP) is 4.60. The summed E-state index contributed by atoms with van der Waals surface area (Å²) in [4.78, 5) is 29.9. The van der Waals surface area contributed by atoms with Gasteiger partial charge in [0.2, 0.25) is 5.91 Å². The van der Waals surface area contributed by atoms with E-state index < -0.39 is 0 Å². The summed E-state index contributed by atoms with van der Waals surface area (Å²) in [5, 5.41) is 2.93. The standard InChI is InChI=1S/C25H38N4O3/c1-7-32-23-13-9-8-12-22(23)26-25(31)29(16-20(4)5)18-24(30)28(15-19(2)3)17-21-11-10-14-27(21)6/h8-14,19-20H,7,15-18H2,1-6H3,(H,26,31). The first-order valence-electron chi connectivity index (χ1n) is 11.4. The fourth-order valence-corrected chi connectivity index (χ4v) is 3.52. The number of nitrogens with one attached hydrogen (secondary N) is 1. The van der Waals surface area contributed by atoms with Gasteiger partial charge in [-0.3, -0.25) is 4.79 Å². The van der Waals surface area contributed by atoms with Gasteiger partial charge in [-0.2, -0.15) is 0 Å². The molecule has 0 atom stereocenters. The van der Waals surface area contributed by atoms with Crippen molar-refractivity contribution in [1.82, 2.24) is 14.4 Å². The summed E-state index contributed by atoms with van der Waals surface area (Å²) in [6.07, 6.45) is 1.97. The van der Waals surface area contributed by atoms with E-state index in [9.17, 15) is 9.59 Å². The molecule has 1 N–H and O–H groups in total. The summed E-state index contributed by atoms with van der Waals surface area (Å²) < 4.78 is 7.64. The minimum Gasteiger partial charge on any atom is -0.492 e. The number of carbonyl (C=O) groups is 2. The maximum absolute atomic E-state index is 13.3. The topological polar surface area (TPSA) is 66.8 Å². The molecular weight excluding hydrogens is 404 g/mol. The van der Waals surface area contributed by atoms with Gasteiger partial charge in [0.1, 0.15) is 12.3 Å². The van der Waals surface area contributed by atoms with Crippen LogP contribution in [0.2, 0.25) is 0 Å². The number of urea groups is 1. The van der Waals surface area contributed by atoms with Crippen molar-refractivity contribution < 1.29 is 14.3 Å². The molecule has 3 amide bonds. The molecule has 2 rings (SSSR count). The number of aryl methyl sites for hydroxylation is 1. The lowest BCUT2D eigenvalue weighted by atomic mass is 10.2. The lowest BCUT2D eigenvalue weighted by Gasteiger charge is -2.30. The highest BCUT2D eigenvalue weighted by Gasteiger charge is 2.24. The van der Waals surface area contributed by atoms with Gasteiger partial charge < -0.3 is 24.4 Å². The van der Waals surface area contributed by atoms with Crippen molar-refractivity contribution >= 4 is 17.6 Å². The van der Waals surface area contributed by atoms with Gasteiger partial charge in [-0.1, -0.05) is 39.8 Å². The first-order chi connectivity index (χ1) is 15.2. The lowest BCUT2D eigenvalue weighted by molar-refractivity contribution is -0.133. The molecule has 0 radical (unpaired) electrons. The third kappa shape index (κ3) is 7.62. The number of rotatable bonds is 11. The minimum absolute atomic E-state index is 0.0258. The van der Waals surface area contributed by atoms with Crippen LogP contribution >= 0.6 is 0 Å². The Hall–Kier alpha value is -2.96. The fourth-order valence-electron chi connectivity index (χ4n) is 3.52. The van der Waals surface area contributed by atoms with E-state index in [0.717, 1.165) is 5.69 Å². The van der Waals surface area contributed by atoms with E-state index in [2.05, 4.69) is 19.2 Å². The summed E-state index contributed by atoms with van der Waals surface area (Å²) >= 11 is 0. The third-order valence-corrected chi connectivity index (χ3v) is 4.97. The average Bonchev–Trinajstić information content (AvgIpc) is 3.12. The molecule has 0 bridgehead atoms. The Morgan fingerprint density at radius 1 is 1.00 bits per heavy atom. The van der Waals surface area contributed by atoms with Gasteiger partial charge in [0, 0.05) is 32.0 Å². The molecule has 0 aliphatic heterocycles. The smallest absolute Gasteiger partial charge is 0.322 e. The number of hydrogen-bond donors (Lipinski definition) is 1. The number of benzene rings is 1. The Balaban J connectivity index is 2.17. The van der Waals surface area contributed by atoms with Crippen molar-refractivity contribution in [2.75, 3.05) is 31.6 Å². The van der Waals surface area contributed by atoms with E-state index in [1.54, 1.807) is 11.0 Å². The van der Waals surface area contributed by atoms with Crippen molar-refractivity contribution in [3.8, 4) is 5.75 Å². The Kier molecular flexibility index (Phi) is 9.62. The molecule has 7 nitrogen and oxygen atoms in total. The van der Waals surface area contributed by atoms with Crippen molar-refractivity contribution in [2.24, 2.45) is 18.9 Å². The summed E-state index contributed by atoms with van der Waals surface area (Å²) in [7, 11) is 1.97. The number of ether oxygens (including phenoxy) is 1. The van der Waals surface area contributed by atoms with Crippen LogP contribution in [0.3, 0.4) is 0 Å². The second-order valence-electron chi connectivity index (χ2n) is 8.91. The summed E-state index contributed by atoms with van der Waals surface area (Å²) in [6, 6.07) is 11.0. The second-order valence-corrected chi connectivity index (χ2v) is 8.91. The molecule has 0 unspecified atom stereocenters. The van der Waals surface area contributed by atoms with Crippen LogP contribution in [-0.2, 0) is 18.4 Å². The molecule has 1 heterocycles. The lowest BCUT2D eigenvalue weighted by Crippen LogP contribution is -2.46. The average molecular weight is 443 g/mol. The largest absolute Gasteiger partial charge is 0.492 e. The normalized spacial score (nSPS) is 11.0. The van der Waals surface area contributed by atoms with Crippen LogP contribution in [0.1, 0.15) is 40.3 Å². The highest BCUT2D eigenvalue weighted by Crippen LogP contribution is 2.24. The van der Waals surface area contributed by atoms with Crippen LogP contribution in [0.15, 0.2) is 42.6 Å². The quantitative estimate of drug-likeness (QED) is 0.553. The Bertz CT molecular complexity index is 876. The second kappa shape index (κ2) is 12.2. The van der Waals surface area contributed by atoms with E-state index in [-0.39, 0.29) is 24.4 Å². The number of nitrogens with zero attached hydrogens (tertiary/aromatic N) is 3. The van der Waals surface area contributed by atoms with Gasteiger partial charge in [-0.05, 0) is 43.0 Å². The van der Waals surface area contributed by atoms with Crippen LogP contribution in [-0.4, -0.2) is 52.5 Å². The van der Waals surface area contributed by atoms with Gasteiger partial charge in [0.05, 0.1) is 18.8 Å². The van der Waals surface area contributed by atoms with Gasteiger partial charge in [0.15, 0.2) is 0 Å². The van der Waals surface area contributed by atoms with Crippen LogP contribution in [0.25, 0.3) is 0 Å². The SMILES string of the molecule is CCOc1ccccc1NC(=O)N(CC(=O)N(Cc1cccn1C)CC(C)C)CC(C)C. The molecule has 0 saturated carbocycles. The van der Waals surface area contributed by atoms with Crippen LogP contribution in [0.4, 0.5) is 10.5 Å². The van der Waals surface area contributed by atoms with E-state index in [1.165, 1.54) is 0 Å². The molecule has 0 aliphatic rings. The number of para-hydroxylation sites is 2. The number of carbonyl (C=O) groups excluding carboxylic acids is 2. The molecule has 1 aromatic heterocycles. The predicted molar refractivity (Wildman–Crippen MR) is 129 cm³/mol. The van der Waals surface area contributed by atoms with Gasteiger partial charge in [-0.15, -0.1) is 0 Å². The Morgan fingerprint density at radius 3 is 2.25 bits per heavy atom. The van der Waals surface area contributed by atoms with Gasteiger partial charge in [0.25, 0.3) is 0 Å².